The van der Waals surface area contributed by atoms with Crippen molar-refractivity contribution in [2.24, 2.45) is 0 Å². The number of thioether (sulfide) groups is 1. The van der Waals surface area contributed by atoms with Crippen LogP contribution in [0.2, 0.25) is 5.02 Å². The number of nitrogens with zero attached hydrogens (tertiary/aromatic N) is 5. The number of amides is 1. The van der Waals surface area contributed by atoms with Crippen molar-refractivity contribution in [3.63, 3.8) is 0 Å². The van der Waals surface area contributed by atoms with Gasteiger partial charge in [0.2, 0.25) is 5.91 Å². The lowest BCUT2D eigenvalue weighted by Crippen LogP contribution is -2.15. The Morgan fingerprint density at radius 1 is 1.30 bits per heavy atom. The Bertz CT molecular complexity index is 999. The fraction of sp³-hybridized carbons (Fsp3) is 0.167. The van der Waals surface area contributed by atoms with Gasteiger partial charge in [-0.15, -0.1) is 10.2 Å². The number of carbonyl (C=O) groups is 1. The van der Waals surface area contributed by atoms with Crippen molar-refractivity contribution in [3.8, 4) is 17.5 Å². The Morgan fingerprint density at radius 2 is 2.07 bits per heavy atom. The van der Waals surface area contributed by atoms with Crippen LogP contribution in [0.3, 0.4) is 0 Å². The molecule has 3 aromatic rings. The number of aromatic nitrogens is 4. The number of halogens is 1. The Kier molecular flexibility index (Phi) is 6.06. The van der Waals surface area contributed by atoms with Gasteiger partial charge in [-0.3, -0.25) is 9.78 Å². The molecule has 0 aliphatic carbocycles. The number of anilines is 1. The molecular formula is C18H15ClN6OS. The van der Waals surface area contributed by atoms with Crippen LogP contribution in [0.1, 0.15) is 12.5 Å². The largest absolute Gasteiger partial charge is 0.324 e. The van der Waals surface area contributed by atoms with Crippen molar-refractivity contribution in [3.05, 3.63) is 53.3 Å². The maximum absolute atomic E-state index is 12.3. The molecule has 0 aliphatic rings. The van der Waals surface area contributed by atoms with Gasteiger partial charge in [0, 0.05) is 29.5 Å². The van der Waals surface area contributed by atoms with E-state index < -0.39 is 0 Å². The smallest absolute Gasteiger partial charge is 0.234 e. The number of hydrogen-bond acceptors (Lipinski definition) is 6. The van der Waals surface area contributed by atoms with Gasteiger partial charge in [0.15, 0.2) is 11.0 Å². The maximum Gasteiger partial charge on any atom is 0.234 e. The van der Waals surface area contributed by atoms with Crippen LogP contribution in [-0.4, -0.2) is 31.4 Å². The van der Waals surface area contributed by atoms with E-state index in [0.717, 1.165) is 11.4 Å². The highest BCUT2D eigenvalue weighted by Gasteiger charge is 2.15. The lowest BCUT2D eigenvalue weighted by molar-refractivity contribution is -0.113. The molecule has 0 aliphatic heterocycles. The molecule has 136 valence electrons. The van der Waals surface area contributed by atoms with Gasteiger partial charge in [-0.05, 0) is 37.3 Å². The Labute approximate surface area is 165 Å². The molecule has 7 nitrogen and oxygen atoms in total. The number of carbonyl (C=O) groups excluding carboxylic acids is 1. The summed E-state index contributed by atoms with van der Waals surface area (Å²) in [6.07, 6.45) is 3.39. The highest BCUT2D eigenvalue weighted by Crippen LogP contribution is 2.24. The van der Waals surface area contributed by atoms with Crippen LogP contribution in [0.25, 0.3) is 11.4 Å². The summed E-state index contributed by atoms with van der Waals surface area (Å²) in [4.78, 5) is 16.3. The topological polar surface area (TPSA) is 96.5 Å². The van der Waals surface area contributed by atoms with Gasteiger partial charge in [-0.2, -0.15) is 5.26 Å². The molecule has 0 atom stereocenters. The average molecular weight is 399 g/mol. The molecule has 0 spiro atoms. The van der Waals surface area contributed by atoms with Crippen molar-refractivity contribution in [1.82, 2.24) is 19.7 Å². The molecule has 1 aromatic carbocycles. The summed E-state index contributed by atoms with van der Waals surface area (Å²) in [5.74, 6) is 0.602. The maximum atomic E-state index is 12.3. The SMILES string of the molecule is CCn1c(SCC(=O)Nc2cc(Cl)ccc2C#N)nnc1-c1ccncc1. The van der Waals surface area contributed by atoms with Crippen molar-refractivity contribution < 1.29 is 4.79 Å². The molecule has 0 fully saturated rings. The van der Waals surface area contributed by atoms with E-state index >= 15 is 0 Å². The number of rotatable bonds is 6. The molecule has 0 unspecified atom stereocenters. The number of nitrogens with one attached hydrogen (secondary N) is 1. The zero-order valence-electron chi connectivity index (χ0n) is 14.4. The van der Waals surface area contributed by atoms with Crippen LogP contribution < -0.4 is 5.32 Å². The first-order chi connectivity index (χ1) is 13.1. The van der Waals surface area contributed by atoms with Gasteiger partial charge in [0.05, 0.1) is 17.0 Å². The molecule has 2 aromatic heterocycles. The summed E-state index contributed by atoms with van der Waals surface area (Å²) in [6, 6.07) is 10.5. The predicted octanol–water partition coefficient (Wildman–Crippen LogP) is 3.62. The highest BCUT2D eigenvalue weighted by atomic mass is 35.5. The van der Waals surface area contributed by atoms with Gasteiger partial charge < -0.3 is 9.88 Å². The van der Waals surface area contributed by atoms with Crippen LogP contribution in [0, 0.1) is 11.3 Å². The van der Waals surface area contributed by atoms with Crippen LogP contribution in [-0.2, 0) is 11.3 Å². The molecule has 27 heavy (non-hydrogen) atoms. The highest BCUT2D eigenvalue weighted by molar-refractivity contribution is 7.99. The van der Waals surface area contributed by atoms with Gasteiger partial charge in [0.1, 0.15) is 6.07 Å². The quantitative estimate of drug-likeness (QED) is 0.637. The summed E-state index contributed by atoms with van der Waals surface area (Å²) in [5.41, 5.74) is 1.66. The third-order valence-electron chi connectivity index (χ3n) is 3.68. The van der Waals surface area contributed by atoms with E-state index in [0.29, 0.717) is 28.0 Å². The summed E-state index contributed by atoms with van der Waals surface area (Å²) >= 11 is 7.22. The third-order valence-corrected chi connectivity index (χ3v) is 4.88. The normalized spacial score (nSPS) is 10.4. The van der Waals surface area contributed by atoms with Crippen LogP contribution in [0.5, 0.6) is 0 Å². The second kappa shape index (κ2) is 8.66. The summed E-state index contributed by atoms with van der Waals surface area (Å²) in [6.45, 7) is 2.66. The van der Waals surface area contributed by atoms with E-state index in [4.69, 9.17) is 16.9 Å². The first kappa shape index (κ1) is 18.9. The summed E-state index contributed by atoms with van der Waals surface area (Å²) < 4.78 is 1.94. The second-order valence-electron chi connectivity index (χ2n) is 5.42. The van der Waals surface area contributed by atoms with Crippen molar-refractivity contribution >= 4 is 35.0 Å². The molecule has 0 saturated carbocycles. The molecule has 0 bridgehead atoms. The van der Waals surface area contributed by atoms with E-state index in [1.165, 1.54) is 11.8 Å². The first-order valence-corrected chi connectivity index (χ1v) is 9.44. The Hall–Kier alpha value is -2.89. The number of hydrogen-bond donors (Lipinski definition) is 1. The van der Waals surface area contributed by atoms with Crippen LogP contribution in [0.4, 0.5) is 5.69 Å². The zero-order chi connectivity index (χ0) is 19.2. The fourth-order valence-corrected chi connectivity index (χ4v) is 3.40. The minimum absolute atomic E-state index is 0.131. The van der Waals surface area contributed by atoms with Crippen molar-refractivity contribution in [2.75, 3.05) is 11.1 Å². The van der Waals surface area contributed by atoms with Gasteiger partial charge >= 0.3 is 0 Å². The van der Waals surface area contributed by atoms with E-state index in [1.54, 1.807) is 30.6 Å². The predicted molar refractivity (Wildman–Crippen MR) is 104 cm³/mol. The Balaban J connectivity index is 1.71. The lowest BCUT2D eigenvalue weighted by atomic mass is 10.2. The monoisotopic (exact) mass is 398 g/mol. The van der Waals surface area contributed by atoms with E-state index in [2.05, 4.69) is 20.5 Å². The summed E-state index contributed by atoms with van der Waals surface area (Å²) in [7, 11) is 0. The van der Waals surface area contributed by atoms with E-state index in [9.17, 15) is 4.79 Å². The molecule has 0 radical (unpaired) electrons. The average Bonchev–Trinajstić information content (AvgIpc) is 3.10. The number of pyridine rings is 1. The standard InChI is InChI=1S/C18H15ClN6OS/c1-2-25-17(12-5-7-21-8-6-12)23-24-18(25)27-11-16(26)22-15-9-14(19)4-3-13(15)10-20/h3-9H,2,11H2,1H3,(H,22,26). The second-order valence-corrected chi connectivity index (χ2v) is 6.80. The Morgan fingerprint density at radius 3 is 2.78 bits per heavy atom. The minimum atomic E-state index is -0.255. The molecular weight excluding hydrogens is 384 g/mol. The third kappa shape index (κ3) is 4.45. The summed E-state index contributed by atoms with van der Waals surface area (Å²) in [5, 5.41) is 21.4. The minimum Gasteiger partial charge on any atom is -0.324 e. The fourth-order valence-electron chi connectivity index (χ4n) is 2.43. The van der Waals surface area contributed by atoms with Gasteiger partial charge in [-0.1, -0.05) is 23.4 Å². The van der Waals surface area contributed by atoms with Crippen molar-refractivity contribution in [2.45, 2.75) is 18.6 Å². The molecule has 1 amide bonds. The zero-order valence-corrected chi connectivity index (χ0v) is 16.0. The molecule has 0 saturated heterocycles. The molecule has 2 heterocycles. The number of benzene rings is 1. The van der Waals surface area contributed by atoms with Gasteiger partial charge in [0.25, 0.3) is 0 Å². The number of nitriles is 1. The first-order valence-electron chi connectivity index (χ1n) is 8.08. The molecule has 1 N–H and O–H groups in total. The van der Waals surface area contributed by atoms with E-state index in [1.807, 2.05) is 29.7 Å². The van der Waals surface area contributed by atoms with Crippen LogP contribution >= 0.6 is 23.4 Å². The van der Waals surface area contributed by atoms with Gasteiger partial charge in [-0.25, -0.2) is 0 Å². The van der Waals surface area contributed by atoms with E-state index in [-0.39, 0.29) is 11.7 Å². The van der Waals surface area contributed by atoms with Crippen LogP contribution in [0.15, 0.2) is 47.9 Å². The molecule has 3 rings (SSSR count). The lowest BCUT2D eigenvalue weighted by Gasteiger charge is -2.09. The molecule has 9 heteroatoms. The van der Waals surface area contributed by atoms with Crippen molar-refractivity contribution in [1.29, 1.82) is 5.26 Å².